The van der Waals surface area contributed by atoms with Gasteiger partial charge in [0.15, 0.2) is 23.0 Å². The molecular weight excluding hydrogens is 386 g/mol. The number of methoxy groups -OCH3 is 2. The number of ether oxygens (including phenoxy) is 5. The number of aliphatic hydroxyl groups is 1. The van der Waals surface area contributed by atoms with Crippen LogP contribution in [0.1, 0.15) is 19.3 Å². The molecule has 0 amide bonds. The van der Waals surface area contributed by atoms with E-state index in [1.165, 1.54) is 0 Å². The highest BCUT2D eigenvalue weighted by atomic mass is 16.6. The van der Waals surface area contributed by atoms with Crippen molar-refractivity contribution in [1.29, 1.82) is 0 Å². The number of benzene rings is 2. The number of rotatable bonds is 7. The number of hydrogen-bond acceptors (Lipinski definition) is 7. The fourth-order valence-corrected chi connectivity index (χ4v) is 3.99. The summed E-state index contributed by atoms with van der Waals surface area (Å²) in [5.41, 5.74) is 0. The van der Waals surface area contributed by atoms with Gasteiger partial charge < -0.3 is 34.1 Å². The lowest BCUT2D eigenvalue weighted by Crippen LogP contribution is -2.48. The van der Waals surface area contributed by atoms with Crippen molar-refractivity contribution in [3.8, 4) is 28.7 Å². The fraction of sp³-hybridized carbons (Fsp3) is 0.478. The maximum absolute atomic E-state index is 10.7. The summed E-state index contributed by atoms with van der Waals surface area (Å²) in [6.45, 7) is 1.18. The van der Waals surface area contributed by atoms with E-state index in [0.29, 0.717) is 36.8 Å². The normalized spacial score (nSPS) is 25.4. The molecule has 4 rings (SSSR count). The van der Waals surface area contributed by atoms with Gasteiger partial charge >= 0.3 is 0 Å². The van der Waals surface area contributed by atoms with Gasteiger partial charge in [-0.25, -0.2) is 0 Å². The van der Waals surface area contributed by atoms with Crippen molar-refractivity contribution in [2.75, 3.05) is 27.4 Å². The van der Waals surface area contributed by atoms with E-state index in [1.807, 2.05) is 42.5 Å². The lowest BCUT2D eigenvalue weighted by molar-refractivity contribution is -0.00749. The van der Waals surface area contributed by atoms with Crippen LogP contribution >= 0.6 is 0 Å². The Kier molecular flexibility index (Phi) is 6.50. The minimum absolute atomic E-state index is 0.0520. The molecule has 0 radical (unpaired) electrons. The first-order chi connectivity index (χ1) is 14.7. The molecule has 2 aromatic carbocycles. The number of hydrogen-bond donors (Lipinski definition) is 2. The van der Waals surface area contributed by atoms with E-state index in [1.54, 1.807) is 14.2 Å². The monoisotopic (exact) mass is 415 g/mol. The summed E-state index contributed by atoms with van der Waals surface area (Å²) in [4.78, 5) is 0. The highest BCUT2D eigenvalue weighted by molar-refractivity contribution is 5.51. The summed E-state index contributed by atoms with van der Waals surface area (Å²) in [6.07, 6.45) is 1.27. The highest BCUT2D eigenvalue weighted by Gasteiger charge is 2.32. The van der Waals surface area contributed by atoms with Gasteiger partial charge in [0.1, 0.15) is 18.8 Å². The molecule has 0 bridgehead atoms. The minimum atomic E-state index is -0.588. The molecule has 2 aliphatic rings. The van der Waals surface area contributed by atoms with E-state index in [0.717, 1.165) is 24.3 Å². The second kappa shape index (κ2) is 9.45. The first-order valence-electron chi connectivity index (χ1n) is 10.4. The Morgan fingerprint density at radius 1 is 1.00 bits per heavy atom. The Balaban J connectivity index is 1.29. The summed E-state index contributed by atoms with van der Waals surface area (Å²) in [6, 6.07) is 13.4. The average molecular weight is 415 g/mol. The van der Waals surface area contributed by atoms with Gasteiger partial charge in [0.05, 0.1) is 20.3 Å². The third kappa shape index (κ3) is 4.57. The molecule has 30 heavy (non-hydrogen) atoms. The quantitative estimate of drug-likeness (QED) is 0.720. The van der Waals surface area contributed by atoms with Crippen LogP contribution in [0.5, 0.6) is 28.7 Å². The molecule has 1 aliphatic heterocycles. The van der Waals surface area contributed by atoms with Gasteiger partial charge in [-0.05, 0) is 43.5 Å². The zero-order chi connectivity index (χ0) is 20.9. The fourth-order valence-electron chi connectivity index (χ4n) is 3.99. The molecule has 1 aliphatic carbocycles. The third-order valence-electron chi connectivity index (χ3n) is 5.61. The minimum Gasteiger partial charge on any atom is -0.493 e. The highest BCUT2D eigenvalue weighted by Crippen LogP contribution is 2.39. The summed E-state index contributed by atoms with van der Waals surface area (Å²) < 4.78 is 28.7. The first-order valence-corrected chi connectivity index (χ1v) is 10.4. The molecule has 7 heteroatoms. The smallest absolute Gasteiger partial charge is 0.203 e. The molecule has 7 nitrogen and oxygen atoms in total. The van der Waals surface area contributed by atoms with Gasteiger partial charge in [-0.15, -0.1) is 0 Å². The molecule has 0 spiro atoms. The standard InChI is InChI=1S/C23H29NO6/c1-26-21-8-5-9-22(27-2)23(21)30-18-11-10-15(12-17(18)25)24-13-16-14-28-19-6-3-4-7-20(19)29-16/h3-9,15-18,24-25H,10-14H2,1-2H3/t15-,16-,17-,18-/m0/s1. The van der Waals surface area contributed by atoms with Gasteiger partial charge in [-0.1, -0.05) is 18.2 Å². The van der Waals surface area contributed by atoms with E-state index in [2.05, 4.69) is 5.32 Å². The molecule has 2 N–H and O–H groups in total. The van der Waals surface area contributed by atoms with Crippen LogP contribution in [0.3, 0.4) is 0 Å². The van der Waals surface area contributed by atoms with Crippen LogP contribution in [0, 0.1) is 0 Å². The Bertz CT molecular complexity index is 822. The van der Waals surface area contributed by atoms with Crippen LogP contribution in [0.25, 0.3) is 0 Å². The molecule has 1 fully saturated rings. The van der Waals surface area contributed by atoms with Crippen molar-refractivity contribution in [3.63, 3.8) is 0 Å². The van der Waals surface area contributed by atoms with Crippen LogP contribution in [-0.4, -0.2) is 56.8 Å². The predicted molar refractivity (Wildman–Crippen MR) is 112 cm³/mol. The summed E-state index contributed by atoms with van der Waals surface area (Å²) in [5.74, 6) is 3.28. The van der Waals surface area contributed by atoms with Crippen LogP contribution in [0.4, 0.5) is 0 Å². The summed E-state index contributed by atoms with van der Waals surface area (Å²) in [5, 5.41) is 14.2. The van der Waals surface area contributed by atoms with Gasteiger partial charge in [0.2, 0.25) is 5.75 Å². The molecule has 4 atom stereocenters. The van der Waals surface area contributed by atoms with Crippen LogP contribution in [0.2, 0.25) is 0 Å². The number of aliphatic hydroxyl groups excluding tert-OH is 1. The van der Waals surface area contributed by atoms with Crippen molar-refractivity contribution < 1.29 is 28.8 Å². The molecule has 1 heterocycles. The lowest BCUT2D eigenvalue weighted by Gasteiger charge is -2.35. The maximum atomic E-state index is 10.7. The molecule has 0 aromatic heterocycles. The molecule has 2 aromatic rings. The SMILES string of the molecule is COc1cccc(OC)c1O[C@H]1CC[C@H](NC[C@H]2COc3ccccc3O2)C[C@@H]1O. The van der Waals surface area contributed by atoms with Gasteiger partial charge in [0, 0.05) is 12.6 Å². The molecule has 1 saturated carbocycles. The molecule has 0 unspecified atom stereocenters. The zero-order valence-electron chi connectivity index (χ0n) is 17.4. The first kappa shape index (κ1) is 20.6. The van der Waals surface area contributed by atoms with Crippen molar-refractivity contribution in [1.82, 2.24) is 5.32 Å². The lowest BCUT2D eigenvalue weighted by atomic mass is 9.90. The van der Waals surface area contributed by atoms with Crippen molar-refractivity contribution >= 4 is 0 Å². The second-order valence-electron chi connectivity index (χ2n) is 7.63. The van der Waals surface area contributed by atoms with Crippen LogP contribution < -0.4 is 29.0 Å². The molecule has 162 valence electrons. The van der Waals surface area contributed by atoms with Gasteiger partial charge in [0.25, 0.3) is 0 Å². The van der Waals surface area contributed by atoms with Crippen molar-refractivity contribution in [3.05, 3.63) is 42.5 Å². The molecule has 0 saturated heterocycles. The van der Waals surface area contributed by atoms with Crippen molar-refractivity contribution in [2.24, 2.45) is 0 Å². The second-order valence-corrected chi connectivity index (χ2v) is 7.63. The molecular formula is C23H29NO6. The number of para-hydroxylation sites is 3. The van der Waals surface area contributed by atoms with E-state index in [9.17, 15) is 5.11 Å². The van der Waals surface area contributed by atoms with Crippen LogP contribution in [-0.2, 0) is 0 Å². The van der Waals surface area contributed by atoms with E-state index >= 15 is 0 Å². The average Bonchev–Trinajstić information content (AvgIpc) is 2.79. The Hall–Kier alpha value is -2.64. The van der Waals surface area contributed by atoms with Gasteiger partial charge in [-0.2, -0.15) is 0 Å². The topological polar surface area (TPSA) is 78.4 Å². The third-order valence-corrected chi connectivity index (χ3v) is 5.61. The zero-order valence-corrected chi connectivity index (χ0v) is 17.4. The number of nitrogens with one attached hydrogen (secondary N) is 1. The Morgan fingerprint density at radius 2 is 1.73 bits per heavy atom. The largest absolute Gasteiger partial charge is 0.493 e. The maximum Gasteiger partial charge on any atom is 0.203 e. The Labute approximate surface area is 176 Å². The Morgan fingerprint density at radius 3 is 2.43 bits per heavy atom. The number of fused-ring (bicyclic) bond motifs is 1. The van der Waals surface area contributed by atoms with Crippen LogP contribution in [0.15, 0.2) is 42.5 Å². The van der Waals surface area contributed by atoms with Gasteiger partial charge in [-0.3, -0.25) is 0 Å². The van der Waals surface area contributed by atoms with Crippen molar-refractivity contribution in [2.45, 2.75) is 43.6 Å². The summed E-state index contributed by atoms with van der Waals surface area (Å²) in [7, 11) is 3.18. The van der Waals surface area contributed by atoms with E-state index in [4.69, 9.17) is 23.7 Å². The predicted octanol–water partition coefficient (Wildman–Crippen LogP) is 2.79. The van der Waals surface area contributed by atoms with E-state index in [-0.39, 0.29) is 18.2 Å². The summed E-state index contributed by atoms with van der Waals surface area (Å²) >= 11 is 0. The van der Waals surface area contributed by atoms with E-state index < -0.39 is 6.10 Å².